The molecule has 0 aromatic carbocycles. The van der Waals surface area contributed by atoms with Crippen molar-refractivity contribution in [1.29, 1.82) is 0 Å². The number of thioether (sulfide) groups is 1. The number of nitrogens with one attached hydrogen (secondary N) is 1. The largest absolute Gasteiger partial charge is 0.480 e. The summed E-state index contributed by atoms with van der Waals surface area (Å²) in [4.78, 5) is 74.5. The number of β-lactam (4-membered cyclic amide) rings is 1. The van der Waals surface area contributed by atoms with Crippen LogP contribution in [0.3, 0.4) is 0 Å². The maximum atomic E-state index is 13.0. The van der Waals surface area contributed by atoms with Gasteiger partial charge in [0.15, 0.2) is 0 Å². The van der Waals surface area contributed by atoms with E-state index < -0.39 is 63.5 Å². The topological polar surface area (TPSA) is 172 Å². The van der Waals surface area contributed by atoms with Gasteiger partial charge in [0.2, 0.25) is 11.9 Å². The molecule has 32 heavy (non-hydrogen) atoms. The number of aliphatic carboxylic acids is 1. The first-order chi connectivity index (χ1) is 14.9. The Morgan fingerprint density at radius 2 is 1.88 bits per heavy atom. The maximum Gasteiger partial charge on any atom is 0.339 e. The second-order valence-electron chi connectivity index (χ2n) is 7.71. The molecule has 2 unspecified atom stereocenters. The molecule has 0 saturated carbocycles. The minimum absolute atomic E-state index is 0.112. The van der Waals surface area contributed by atoms with Gasteiger partial charge < -0.3 is 25.2 Å². The van der Waals surface area contributed by atoms with Crippen molar-refractivity contribution >= 4 is 41.5 Å². The zero-order valence-electron chi connectivity index (χ0n) is 17.3. The molecule has 0 radical (unpaired) electrons. The van der Waals surface area contributed by atoms with Crippen LogP contribution in [0.25, 0.3) is 0 Å². The second-order valence-corrected chi connectivity index (χ2v) is 9.48. The van der Waals surface area contributed by atoms with E-state index in [9.17, 15) is 39.0 Å². The summed E-state index contributed by atoms with van der Waals surface area (Å²) in [5, 5.41) is 20.4. The van der Waals surface area contributed by atoms with Crippen molar-refractivity contribution in [2.75, 3.05) is 6.61 Å². The summed E-state index contributed by atoms with van der Waals surface area (Å²) in [5.41, 5.74) is -1.16. The molecule has 1 aromatic heterocycles. The number of carbonyl (C=O) groups excluding carboxylic acids is 3. The number of aromatic nitrogens is 1. The van der Waals surface area contributed by atoms with Crippen molar-refractivity contribution in [1.82, 2.24) is 14.8 Å². The number of fused-ring (bicyclic) bond motifs is 1. The van der Waals surface area contributed by atoms with Crippen LogP contribution in [0.1, 0.15) is 37.2 Å². The van der Waals surface area contributed by atoms with E-state index in [-0.39, 0.29) is 12.2 Å². The van der Waals surface area contributed by atoms with Crippen LogP contribution < -0.4 is 10.9 Å². The summed E-state index contributed by atoms with van der Waals surface area (Å²) in [6.07, 6.45) is 0.842. The van der Waals surface area contributed by atoms with Crippen LogP contribution >= 0.6 is 11.8 Å². The molecule has 1 aromatic rings. The standard InChI is InChI=1S/C19H21N3O9S/c1-4-31-18(30)11(21-7-8(16(26)27)5-6-9(21)23)13(24)20-10-14(25)22-12(17(28)29)19(2,3)32-15(10)22/h5-7,10-12,15H,4H2,1-3H3,(H,20,24)(H,26,27)(H,28,29)/t10?,11?,12-,15+/m0/s1. The van der Waals surface area contributed by atoms with Gasteiger partial charge in [-0.1, -0.05) is 0 Å². The molecule has 2 aliphatic rings. The van der Waals surface area contributed by atoms with E-state index in [2.05, 4.69) is 5.32 Å². The fraction of sp³-hybridized carbons (Fsp3) is 0.474. The number of hydrogen-bond donors (Lipinski definition) is 3. The number of aromatic carboxylic acids is 1. The number of carboxylic acid groups (broad SMARTS) is 2. The van der Waals surface area contributed by atoms with E-state index in [4.69, 9.17) is 4.74 Å². The van der Waals surface area contributed by atoms with Gasteiger partial charge in [-0.3, -0.25) is 19.0 Å². The van der Waals surface area contributed by atoms with Crippen LogP contribution in [0.4, 0.5) is 0 Å². The predicted octanol–water partition coefficient (Wildman–Crippen LogP) is -0.718. The molecule has 3 heterocycles. The first kappa shape index (κ1) is 23.3. The van der Waals surface area contributed by atoms with E-state index in [1.807, 2.05) is 0 Å². The average Bonchev–Trinajstić information content (AvgIpc) is 2.95. The van der Waals surface area contributed by atoms with Crippen LogP contribution in [0.15, 0.2) is 23.1 Å². The Morgan fingerprint density at radius 3 is 2.44 bits per heavy atom. The molecule has 3 rings (SSSR count). The van der Waals surface area contributed by atoms with Crippen LogP contribution in [-0.2, 0) is 23.9 Å². The summed E-state index contributed by atoms with van der Waals surface area (Å²) >= 11 is 1.19. The Hall–Kier alpha value is -3.35. The van der Waals surface area contributed by atoms with Crippen LogP contribution in [0.2, 0.25) is 0 Å². The molecule has 172 valence electrons. The Morgan fingerprint density at radius 1 is 1.22 bits per heavy atom. The average molecular weight is 467 g/mol. The van der Waals surface area contributed by atoms with E-state index in [0.717, 1.165) is 23.2 Å². The molecule has 0 bridgehead atoms. The zero-order chi connectivity index (χ0) is 24.0. The summed E-state index contributed by atoms with van der Waals surface area (Å²) in [7, 11) is 0. The molecule has 3 N–H and O–H groups in total. The van der Waals surface area contributed by atoms with Crippen LogP contribution in [-0.4, -0.2) is 78.2 Å². The molecular weight excluding hydrogens is 446 g/mol. The molecule has 0 spiro atoms. The van der Waals surface area contributed by atoms with Gasteiger partial charge in [0.05, 0.1) is 12.2 Å². The molecule has 2 aliphatic heterocycles. The highest BCUT2D eigenvalue weighted by atomic mass is 32.2. The quantitative estimate of drug-likeness (QED) is 0.264. The minimum Gasteiger partial charge on any atom is -0.480 e. The molecule has 2 amide bonds. The highest BCUT2D eigenvalue weighted by Gasteiger charge is 2.64. The predicted molar refractivity (Wildman–Crippen MR) is 109 cm³/mol. The fourth-order valence-electron chi connectivity index (χ4n) is 3.78. The molecule has 2 fully saturated rings. The number of carboxylic acids is 2. The number of pyridine rings is 1. The Kier molecular flexibility index (Phi) is 6.05. The Labute approximate surface area is 185 Å². The first-order valence-electron chi connectivity index (χ1n) is 9.56. The maximum absolute atomic E-state index is 13.0. The lowest BCUT2D eigenvalue weighted by Gasteiger charge is -2.43. The lowest BCUT2D eigenvalue weighted by molar-refractivity contribution is -0.162. The smallest absolute Gasteiger partial charge is 0.339 e. The summed E-state index contributed by atoms with van der Waals surface area (Å²) in [5.74, 6) is -5.35. The van der Waals surface area contributed by atoms with Gasteiger partial charge in [-0.15, -0.1) is 11.8 Å². The van der Waals surface area contributed by atoms with Crippen molar-refractivity contribution in [3.05, 3.63) is 34.2 Å². The third-order valence-electron chi connectivity index (χ3n) is 5.19. The molecule has 13 heteroatoms. The number of hydrogen-bond acceptors (Lipinski definition) is 8. The lowest BCUT2D eigenvalue weighted by atomic mass is 9.96. The molecule has 0 aliphatic carbocycles. The number of nitrogens with zero attached hydrogens (tertiary/aromatic N) is 2. The number of esters is 1. The summed E-state index contributed by atoms with van der Waals surface area (Å²) in [6, 6.07) is -2.16. The first-order valence-corrected chi connectivity index (χ1v) is 10.4. The van der Waals surface area contributed by atoms with Gasteiger partial charge in [-0.05, 0) is 26.8 Å². The summed E-state index contributed by atoms with van der Waals surface area (Å²) < 4.78 is 4.69. The van der Waals surface area contributed by atoms with Crippen molar-refractivity contribution in [3.8, 4) is 0 Å². The van der Waals surface area contributed by atoms with Crippen molar-refractivity contribution in [2.45, 2.75) is 49.0 Å². The highest BCUT2D eigenvalue weighted by Crippen LogP contribution is 2.50. The van der Waals surface area contributed by atoms with Gasteiger partial charge in [-0.25, -0.2) is 14.4 Å². The minimum atomic E-state index is -1.88. The number of ether oxygens (including phenoxy) is 1. The fourth-order valence-corrected chi connectivity index (χ4v) is 5.40. The van der Waals surface area contributed by atoms with E-state index in [1.54, 1.807) is 13.8 Å². The summed E-state index contributed by atoms with van der Waals surface area (Å²) in [6.45, 7) is 4.71. The monoisotopic (exact) mass is 467 g/mol. The number of carbonyl (C=O) groups is 5. The normalized spacial score (nSPS) is 24.2. The molecule has 2 saturated heterocycles. The van der Waals surface area contributed by atoms with Crippen molar-refractivity contribution < 1.29 is 38.9 Å². The van der Waals surface area contributed by atoms with E-state index >= 15 is 0 Å². The lowest BCUT2D eigenvalue weighted by Crippen LogP contribution is -2.71. The van der Waals surface area contributed by atoms with Gasteiger partial charge in [0.25, 0.3) is 11.5 Å². The molecule has 4 atom stereocenters. The van der Waals surface area contributed by atoms with Gasteiger partial charge in [-0.2, -0.15) is 0 Å². The third-order valence-corrected chi connectivity index (χ3v) is 6.77. The molecular formula is C19H21N3O9S. The number of rotatable bonds is 7. The SMILES string of the molecule is CCOC(=O)C(C(=O)NC1C(=O)N2[C@@H]1SC(C)(C)[C@@H]2C(=O)O)n1cc(C(=O)O)ccc1=O. The Bertz CT molecular complexity index is 1070. The van der Waals surface area contributed by atoms with Crippen molar-refractivity contribution in [3.63, 3.8) is 0 Å². The van der Waals surface area contributed by atoms with Crippen LogP contribution in [0, 0.1) is 0 Å². The van der Waals surface area contributed by atoms with E-state index in [1.165, 1.54) is 18.7 Å². The van der Waals surface area contributed by atoms with Crippen LogP contribution in [0.5, 0.6) is 0 Å². The zero-order valence-corrected chi connectivity index (χ0v) is 18.1. The number of amides is 2. The highest BCUT2D eigenvalue weighted by molar-refractivity contribution is 8.01. The van der Waals surface area contributed by atoms with Crippen molar-refractivity contribution in [2.24, 2.45) is 0 Å². The van der Waals surface area contributed by atoms with Gasteiger partial charge in [0.1, 0.15) is 17.5 Å². The van der Waals surface area contributed by atoms with Gasteiger partial charge >= 0.3 is 17.9 Å². The van der Waals surface area contributed by atoms with Gasteiger partial charge in [0, 0.05) is 17.0 Å². The third kappa shape index (κ3) is 3.83. The van der Waals surface area contributed by atoms with E-state index in [0.29, 0.717) is 4.57 Å². The molecule has 12 nitrogen and oxygen atoms in total. The Balaban J connectivity index is 1.90. The second kappa shape index (κ2) is 8.30.